The van der Waals surface area contributed by atoms with Crippen molar-refractivity contribution in [3.63, 3.8) is 0 Å². The van der Waals surface area contributed by atoms with Crippen molar-refractivity contribution >= 4 is 44.0 Å². The molecule has 1 unspecified atom stereocenters. The van der Waals surface area contributed by atoms with E-state index in [1.165, 1.54) is 34.4 Å². The van der Waals surface area contributed by atoms with Gasteiger partial charge in [-0.25, -0.2) is 9.37 Å². The number of hydrogen-bond acceptors (Lipinski definition) is 7. The summed E-state index contributed by atoms with van der Waals surface area (Å²) in [7, 11) is 0. The van der Waals surface area contributed by atoms with Gasteiger partial charge in [-0.15, -0.1) is 0 Å². The number of benzene rings is 2. The number of anilines is 2. The molecule has 5 rings (SSSR count). The van der Waals surface area contributed by atoms with Gasteiger partial charge < -0.3 is 9.64 Å². The summed E-state index contributed by atoms with van der Waals surface area (Å²) in [6, 6.07) is 8.99. The van der Waals surface area contributed by atoms with Crippen LogP contribution in [0.1, 0.15) is 42.5 Å². The summed E-state index contributed by atoms with van der Waals surface area (Å²) in [5.74, 6) is -0.757. The summed E-state index contributed by atoms with van der Waals surface area (Å²) in [6.07, 6.45) is 4.68. The molecule has 2 fully saturated rings. The highest BCUT2D eigenvalue weighted by atomic mass is 32.1. The van der Waals surface area contributed by atoms with E-state index in [0.29, 0.717) is 27.6 Å². The largest absolute Gasteiger partial charge is 0.376 e. The SMILES string of the molecule is O=C(c1ccc(N2CCCCC2)c([N+](=O)[O-])c1)N(CC1CCCO1)c1nc2ccc(F)cc2s1. The molecule has 8 nitrogen and oxygen atoms in total. The molecule has 0 aliphatic carbocycles. The van der Waals surface area contributed by atoms with Crippen molar-refractivity contribution in [1.29, 1.82) is 0 Å². The summed E-state index contributed by atoms with van der Waals surface area (Å²) in [5, 5.41) is 12.3. The van der Waals surface area contributed by atoms with Gasteiger partial charge in [0.2, 0.25) is 0 Å². The van der Waals surface area contributed by atoms with Crippen molar-refractivity contribution in [3.8, 4) is 0 Å². The Labute approximate surface area is 200 Å². The molecule has 1 atom stereocenters. The number of nitro groups is 1. The number of nitro benzene ring substituents is 1. The zero-order valence-electron chi connectivity index (χ0n) is 18.6. The molecule has 10 heteroatoms. The molecule has 2 aliphatic rings. The van der Waals surface area contributed by atoms with Crippen molar-refractivity contribution in [1.82, 2.24) is 4.98 Å². The zero-order chi connectivity index (χ0) is 23.7. The van der Waals surface area contributed by atoms with Crippen molar-refractivity contribution in [2.24, 2.45) is 0 Å². The van der Waals surface area contributed by atoms with E-state index in [-0.39, 0.29) is 35.6 Å². The second-order valence-electron chi connectivity index (χ2n) is 8.67. The minimum Gasteiger partial charge on any atom is -0.376 e. The van der Waals surface area contributed by atoms with Gasteiger partial charge in [0.05, 0.1) is 27.8 Å². The second-order valence-corrected chi connectivity index (χ2v) is 9.68. The van der Waals surface area contributed by atoms with E-state index in [0.717, 1.165) is 45.2 Å². The number of amides is 1. The number of halogens is 1. The molecule has 2 aromatic carbocycles. The van der Waals surface area contributed by atoms with E-state index in [1.54, 1.807) is 18.2 Å². The fourth-order valence-electron chi connectivity index (χ4n) is 4.60. The Morgan fingerprint density at radius 2 is 2.03 bits per heavy atom. The maximum Gasteiger partial charge on any atom is 0.293 e. The molecule has 0 saturated carbocycles. The van der Waals surface area contributed by atoms with Crippen LogP contribution in [0.4, 0.5) is 20.9 Å². The monoisotopic (exact) mass is 484 g/mol. The van der Waals surface area contributed by atoms with Crippen LogP contribution in [0.2, 0.25) is 0 Å². The molecule has 3 aromatic rings. The van der Waals surface area contributed by atoms with Gasteiger partial charge in [-0.3, -0.25) is 19.8 Å². The fraction of sp³-hybridized carbons (Fsp3) is 0.417. The normalized spacial score (nSPS) is 18.4. The lowest BCUT2D eigenvalue weighted by Gasteiger charge is -2.28. The number of nitrogens with zero attached hydrogens (tertiary/aromatic N) is 4. The third kappa shape index (κ3) is 4.60. The Hall–Kier alpha value is -3.11. The van der Waals surface area contributed by atoms with Crippen LogP contribution in [0, 0.1) is 15.9 Å². The first-order chi connectivity index (χ1) is 16.5. The predicted molar refractivity (Wildman–Crippen MR) is 129 cm³/mol. The van der Waals surface area contributed by atoms with Crippen molar-refractivity contribution in [2.75, 3.05) is 36.0 Å². The van der Waals surface area contributed by atoms with Gasteiger partial charge in [0, 0.05) is 31.3 Å². The van der Waals surface area contributed by atoms with Gasteiger partial charge in [0.1, 0.15) is 11.5 Å². The van der Waals surface area contributed by atoms with Gasteiger partial charge in [-0.05, 0) is 62.4 Å². The van der Waals surface area contributed by atoms with E-state index in [4.69, 9.17) is 4.74 Å². The fourth-order valence-corrected chi connectivity index (χ4v) is 5.60. The number of fused-ring (bicyclic) bond motifs is 1. The number of hydrogen-bond donors (Lipinski definition) is 0. The Bertz CT molecular complexity index is 1220. The van der Waals surface area contributed by atoms with Crippen LogP contribution in [0.25, 0.3) is 10.2 Å². The third-order valence-electron chi connectivity index (χ3n) is 6.34. The Morgan fingerprint density at radius 1 is 1.21 bits per heavy atom. The van der Waals surface area contributed by atoms with E-state index in [2.05, 4.69) is 4.98 Å². The minimum absolute atomic E-state index is 0.0730. The molecule has 34 heavy (non-hydrogen) atoms. The molecule has 1 aromatic heterocycles. The number of rotatable bonds is 6. The average Bonchev–Trinajstić information content (AvgIpc) is 3.51. The highest BCUT2D eigenvalue weighted by Crippen LogP contribution is 2.34. The quantitative estimate of drug-likeness (QED) is 0.355. The molecular weight excluding hydrogens is 459 g/mol. The van der Waals surface area contributed by atoms with E-state index in [1.807, 2.05) is 4.90 Å². The molecule has 2 saturated heterocycles. The summed E-state index contributed by atoms with van der Waals surface area (Å²) < 4.78 is 20.1. The first-order valence-electron chi connectivity index (χ1n) is 11.5. The predicted octanol–water partition coefficient (Wildman–Crippen LogP) is 5.16. The summed E-state index contributed by atoms with van der Waals surface area (Å²) in [5.41, 5.74) is 1.28. The van der Waals surface area contributed by atoms with Gasteiger partial charge in [-0.1, -0.05) is 11.3 Å². The lowest BCUT2D eigenvalue weighted by Crippen LogP contribution is -2.37. The van der Waals surface area contributed by atoms with E-state index >= 15 is 0 Å². The van der Waals surface area contributed by atoms with Gasteiger partial charge in [0.25, 0.3) is 11.6 Å². The van der Waals surface area contributed by atoms with Gasteiger partial charge in [-0.2, -0.15) is 0 Å². The molecule has 0 bridgehead atoms. The van der Waals surface area contributed by atoms with Gasteiger partial charge in [0.15, 0.2) is 5.13 Å². The standard InChI is InChI=1S/C24H25FN4O4S/c25-17-7-8-19-22(14-17)34-24(26-19)28(15-18-5-4-12-33-18)23(30)16-6-9-20(21(13-16)29(31)32)27-10-2-1-3-11-27/h6-9,13-14,18H,1-5,10-12,15H2. The number of thiazole rings is 1. The summed E-state index contributed by atoms with van der Waals surface area (Å²) in [4.78, 5) is 33.2. The van der Waals surface area contributed by atoms with Crippen LogP contribution in [0.3, 0.4) is 0 Å². The maximum absolute atomic E-state index is 13.7. The van der Waals surface area contributed by atoms with E-state index in [9.17, 15) is 19.3 Å². The maximum atomic E-state index is 13.7. The van der Waals surface area contributed by atoms with Crippen molar-refractivity contribution in [3.05, 3.63) is 57.9 Å². The van der Waals surface area contributed by atoms with Crippen LogP contribution in [-0.4, -0.2) is 48.2 Å². The number of piperidine rings is 1. The molecule has 2 aliphatic heterocycles. The second kappa shape index (κ2) is 9.63. The lowest BCUT2D eigenvalue weighted by atomic mass is 10.1. The number of carbonyl (C=O) groups excluding carboxylic acids is 1. The number of carbonyl (C=O) groups is 1. The molecule has 0 radical (unpaired) electrons. The molecule has 3 heterocycles. The first-order valence-corrected chi connectivity index (χ1v) is 12.3. The van der Waals surface area contributed by atoms with Gasteiger partial charge >= 0.3 is 0 Å². The molecular formula is C24H25FN4O4S. The topological polar surface area (TPSA) is 88.8 Å². The third-order valence-corrected chi connectivity index (χ3v) is 7.38. The van der Waals surface area contributed by atoms with Crippen LogP contribution in [0.15, 0.2) is 36.4 Å². The minimum atomic E-state index is -0.425. The molecule has 0 spiro atoms. The highest BCUT2D eigenvalue weighted by molar-refractivity contribution is 7.22. The summed E-state index contributed by atoms with van der Waals surface area (Å²) >= 11 is 1.22. The smallest absolute Gasteiger partial charge is 0.293 e. The zero-order valence-corrected chi connectivity index (χ0v) is 19.4. The lowest BCUT2D eigenvalue weighted by molar-refractivity contribution is -0.384. The van der Waals surface area contributed by atoms with Crippen molar-refractivity contribution < 1.29 is 18.8 Å². The van der Waals surface area contributed by atoms with Crippen LogP contribution in [-0.2, 0) is 4.74 Å². The average molecular weight is 485 g/mol. The molecule has 0 N–H and O–H groups in total. The Balaban J connectivity index is 1.50. The highest BCUT2D eigenvalue weighted by Gasteiger charge is 2.29. The Morgan fingerprint density at radius 3 is 2.76 bits per heavy atom. The first kappa shape index (κ1) is 22.7. The number of aromatic nitrogens is 1. The molecule has 178 valence electrons. The van der Waals surface area contributed by atoms with E-state index < -0.39 is 4.92 Å². The molecule has 1 amide bonds. The summed E-state index contributed by atoms with van der Waals surface area (Å²) in [6.45, 7) is 2.44. The Kier molecular flexibility index (Phi) is 6.42. The van der Waals surface area contributed by atoms with Crippen LogP contribution < -0.4 is 9.80 Å². The van der Waals surface area contributed by atoms with Crippen LogP contribution >= 0.6 is 11.3 Å². The van der Waals surface area contributed by atoms with Crippen molar-refractivity contribution in [2.45, 2.75) is 38.2 Å². The van der Waals surface area contributed by atoms with Crippen LogP contribution in [0.5, 0.6) is 0 Å². The number of ether oxygens (including phenoxy) is 1.